The van der Waals surface area contributed by atoms with Crippen molar-refractivity contribution in [3.63, 3.8) is 0 Å². The molecule has 0 heterocycles. The smallest absolute Gasteiger partial charge is 0.384 e. The van der Waals surface area contributed by atoms with Crippen molar-refractivity contribution in [1.29, 1.82) is 5.26 Å². The van der Waals surface area contributed by atoms with Gasteiger partial charge in [0.2, 0.25) is 0 Å². The molecule has 1 aromatic rings. The Hall–Kier alpha value is -1.74. The van der Waals surface area contributed by atoms with E-state index in [-0.39, 0.29) is 5.56 Å². The van der Waals surface area contributed by atoms with Crippen molar-refractivity contribution >= 4 is 5.69 Å². The van der Waals surface area contributed by atoms with Crippen LogP contribution in [0.5, 0.6) is 0 Å². The van der Waals surface area contributed by atoms with Crippen molar-refractivity contribution < 1.29 is 13.2 Å². The predicted molar refractivity (Wildman–Crippen MR) is 72.4 cm³/mol. The highest BCUT2D eigenvalue weighted by molar-refractivity contribution is 5.53. The molecule has 0 amide bonds. The summed E-state index contributed by atoms with van der Waals surface area (Å²) < 4.78 is 37.9. The Morgan fingerprint density at radius 1 is 1.25 bits per heavy atom. The normalized spacial score (nSPS) is 11.4. The van der Waals surface area contributed by atoms with Gasteiger partial charge in [-0.1, -0.05) is 13.8 Å². The molecule has 0 aliphatic carbocycles. The number of hydrogen-bond donors (Lipinski definition) is 1. The Labute approximate surface area is 117 Å². The average molecular weight is 285 g/mol. The monoisotopic (exact) mass is 285 g/mol. The molecule has 0 fully saturated rings. The van der Waals surface area contributed by atoms with Gasteiger partial charge in [0.15, 0.2) is 0 Å². The van der Waals surface area contributed by atoms with Crippen molar-refractivity contribution in [1.82, 2.24) is 4.90 Å². The van der Waals surface area contributed by atoms with Crippen molar-refractivity contribution in [2.24, 2.45) is 0 Å². The Bertz CT molecular complexity index is 474. The van der Waals surface area contributed by atoms with E-state index in [1.165, 1.54) is 12.1 Å². The minimum atomic E-state index is -4.50. The minimum absolute atomic E-state index is 0.356. The zero-order valence-corrected chi connectivity index (χ0v) is 11.6. The first-order chi connectivity index (χ1) is 9.42. The summed E-state index contributed by atoms with van der Waals surface area (Å²) in [6.07, 6.45) is -4.50. The summed E-state index contributed by atoms with van der Waals surface area (Å²) >= 11 is 0. The SMILES string of the molecule is CCN(CC)CCNc1ccc(C(F)(F)F)c(C#N)c1. The second-order valence-corrected chi connectivity index (χ2v) is 4.32. The maximum Gasteiger partial charge on any atom is 0.417 e. The molecule has 1 aromatic carbocycles. The number of alkyl halides is 3. The number of nitrogens with one attached hydrogen (secondary N) is 1. The van der Waals surface area contributed by atoms with Crippen molar-refractivity contribution in [3.05, 3.63) is 29.3 Å². The van der Waals surface area contributed by atoms with E-state index in [1.54, 1.807) is 6.07 Å². The molecule has 0 bridgehead atoms. The van der Waals surface area contributed by atoms with Crippen LogP contribution >= 0.6 is 0 Å². The molecule has 0 aliphatic rings. The second-order valence-electron chi connectivity index (χ2n) is 4.32. The van der Waals surface area contributed by atoms with Gasteiger partial charge in [-0.25, -0.2) is 0 Å². The van der Waals surface area contributed by atoms with Gasteiger partial charge in [-0.3, -0.25) is 0 Å². The molecular formula is C14H18F3N3. The lowest BCUT2D eigenvalue weighted by Crippen LogP contribution is -2.28. The van der Waals surface area contributed by atoms with Gasteiger partial charge in [0, 0.05) is 18.8 Å². The number of nitriles is 1. The topological polar surface area (TPSA) is 39.1 Å². The molecule has 110 valence electrons. The molecule has 0 aromatic heterocycles. The third-order valence-electron chi connectivity index (χ3n) is 3.10. The van der Waals surface area contributed by atoms with E-state index in [0.717, 1.165) is 25.7 Å². The molecule has 6 heteroatoms. The van der Waals surface area contributed by atoms with Crippen LogP contribution in [-0.2, 0) is 6.18 Å². The quantitative estimate of drug-likeness (QED) is 0.871. The van der Waals surface area contributed by atoms with E-state index in [0.29, 0.717) is 12.2 Å². The Balaban J connectivity index is 2.72. The molecule has 0 unspecified atom stereocenters. The fourth-order valence-electron chi connectivity index (χ4n) is 1.89. The third-order valence-corrected chi connectivity index (χ3v) is 3.10. The molecule has 0 saturated heterocycles. The number of anilines is 1. The Morgan fingerprint density at radius 3 is 2.40 bits per heavy atom. The molecule has 3 nitrogen and oxygen atoms in total. The van der Waals surface area contributed by atoms with Crippen molar-refractivity contribution in [2.75, 3.05) is 31.5 Å². The predicted octanol–water partition coefficient (Wildman–Crippen LogP) is 3.33. The highest BCUT2D eigenvalue weighted by Gasteiger charge is 2.33. The van der Waals surface area contributed by atoms with Crippen LogP contribution in [-0.4, -0.2) is 31.1 Å². The summed E-state index contributed by atoms with van der Waals surface area (Å²) in [6, 6.07) is 5.13. The maximum atomic E-state index is 12.6. The average Bonchev–Trinajstić information content (AvgIpc) is 2.42. The van der Waals surface area contributed by atoms with E-state index >= 15 is 0 Å². The van der Waals surface area contributed by atoms with Crippen LogP contribution in [0.2, 0.25) is 0 Å². The van der Waals surface area contributed by atoms with E-state index in [1.807, 2.05) is 0 Å². The van der Waals surface area contributed by atoms with Gasteiger partial charge < -0.3 is 10.2 Å². The Kier molecular flexibility index (Phi) is 5.83. The number of halogens is 3. The Morgan fingerprint density at radius 2 is 1.90 bits per heavy atom. The molecule has 0 radical (unpaired) electrons. The number of likely N-dealkylation sites (N-methyl/N-ethyl adjacent to an activating group) is 1. The van der Waals surface area contributed by atoms with Crippen LogP contribution in [0, 0.1) is 11.3 Å². The lowest BCUT2D eigenvalue weighted by molar-refractivity contribution is -0.137. The third kappa shape index (κ3) is 4.42. The van der Waals surface area contributed by atoms with E-state index in [9.17, 15) is 13.2 Å². The summed E-state index contributed by atoms with van der Waals surface area (Å²) in [5.74, 6) is 0. The van der Waals surface area contributed by atoms with Gasteiger partial charge in [-0.15, -0.1) is 0 Å². The molecule has 1 rings (SSSR count). The fraction of sp³-hybridized carbons (Fsp3) is 0.500. The van der Waals surface area contributed by atoms with Crippen LogP contribution < -0.4 is 5.32 Å². The highest BCUT2D eigenvalue weighted by Crippen LogP contribution is 2.32. The summed E-state index contributed by atoms with van der Waals surface area (Å²) in [7, 11) is 0. The van der Waals surface area contributed by atoms with Crippen molar-refractivity contribution in [2.45, 2.75) is 20.0 Å². The van der Waals surface area contributed by atoms with Gasteiger partial charge in [-0.05, 0) is 31.3 Å². The van der Waals surface area contributed by atoms with Crippen molar-refractivity contribution in [3.8, 4) is 6.07 Å². The molecule has 0 aliphatic heterocycles. The van der Waals surface area contributed by atoms with Gasteiger partial charge in [0.25, 0.3) is 0 Å². The van der Waals surface area contributed by atoms with E-state index in [2.05, 4.69) is 24.1 Å². The number of benzene rings is 1. The number of hydrogen-bond acceptors (Lipinski definition) is 3. The van der Waals surface area contributed by atoms with Crippen LogP contribution in [0.4, 0.5) is 18.9 Å². The van der Waals surface area contributed by atoms with Crippen LogP contribution in [0.3, 0.4) is 0 Å². The van der Waals surface area contributed by atoms with E-state index in [4.69, 9.17) is 5.26 Å². The molecule has 0 saturated carbocycles. The molecule has 0 spiro atoms. The maximum absolute atomic E-state index is 12.6. The number of rotatable bonds is 6. The lowest BCUT2D eigenvalue weighted by Gasteiger charge is -2.18. The molecule has 1 N–H and O–H groups in total. The summed E-state index contributed by atoms with van der Waals surface area (Å²) in [4.78, 5) is 2.20. The van der Waals surface area contributed by atoms with Crippen LogP contribution in [0.1, 0.15) is 25.0 Å². The molecular weight excluding hydrogens is 267 g/mol. The highest BCUT2D eigenvalue weighted by atomic mass is 19.4. The van der Waals surface area contributed by atoms with Gasteiger partial charge >= 0.3 is 6.18 Å². The summed E-state index contributed by atoms with van der Waals surface area (Å²) in [5.41, 5.74) is -0.721. The minimum Gasteiger partial charge on any atom is -0.384 e. The summed E-state index contributed by atoms with van der Waals surface area (Å²) in [5, 5.41) is 11.8. The zero-order chi connectivity index (χ0) is 15.2. The summed E-state index contributed by atoms with van der Waals surface area (Å²) in [6.45, 7) is 7.38. The number of nitrogens with zero attached hydrogens (tertiary/aromatic N) is 2. The zero-order valence-electron chi connectivity index (χ0n) is 11.6. The molecule has 20 heavy (non-hydrogen) atoms. The van der Waals surface area contributed by atoms with Gasteiger partial charge in [0.1, 0.15) is 0 Å². The first-order valence-electron chi connectivity index (χ1n) is 6.50. The van der Waals surface area contributed by atoms with Crippen LogP contribution in [0.25, 0.3) is 0 Å². The van der Waals surface area contributed by atoms with Gasteiger partial charge in [-0.2, -0.15) is 18.4 Å². The second kappa shape index (κ2) is 7.15. The first-order valence-corrected chi connectivity index (χ1v) is 6.50. The van der Waals surface area contributed by atoms with E-state index < -0.39 is 11.7 Å². The lowest BCUT2D eigenvalue weighted by atomic mass is 10.1. The van der Waals surface area contributed by atoms with Gasteiger partial charge in [0.05, 0.1) is 17.2 Å². The molecule has 0 atom stereocenters. The fourth-order valence-corrected chi connectivity index (χ4v) is 1.89. The largest absolute Gasteiger partial charge is 0.417 e. The standard InChI is InChI=1S/C14H18F3N3/c1-3-20(4-2)8-7-19-12-5-6-13(14(15,16)17)11(9-12)10-18/h5-6,9,19H,3-4,7-8H2,1-2H3. The van der Waals surface area contributed by atoms with Crippen LogP contribution in [0.15, 0.2) is 18.2 Å². The first kappa shape index (κ1) is 16.3.